The average molecular weight is 657 g/mol. The Balaban J connectivity index is 1.10. The quantitative estimate of drug-likeness (QED) is 0.290. The van der Waals surface area contributed by atoms with E-state index in [1.165, 1.54) is 23.1 Å². The van der Waals surface area contributed by atoms with Gasteiger partial charge in [-0.15, -0.1) is 0 Å². The van der Waals surface area contributed by atoms with Gasteiger partial charge in [0, 0.05) is 68.3 Å². The largest absolute Gasteiger partial charge is 0.485 e. The molecule has 3 fully saturated rings. The number of nitrogens with two attached hydrogens (primary N) is 1. The van der Waals surface area contributed by atoms with Gasteiger partial charge in [-0.1, -0.05) is 13.8 Å². The summed E-state index contributed by atoms with van der Waals surface area (Å²) in [6.07, 6.45) is 0.381. The number of anilines is 3. The van der Waals surface area contributed by atoms with E-state index in [0.29, 0.717) is 23.4 Å². The van der Waals surface area contributed by atoms with Gasteiger partial charge in [-0.3, -0.25) is 9.69 Å². The van der Waals surface area contributed by atoms with Gasteiger partial charge in [-0.2, -0.15) is 10.2 Å². The predicted octanol–water partition coefficient (Wildman–Crippen LogP) is 2.65. The van der Waals surface area contributed by atoms with Crippen LogP contribution in [0.5, 0.6) is 5.75 Å². The fourth-order valence-electron chi connectivity index (χ4n) is 6.39. The highest BCUT2D eigenvalue weighted by molar-refractivity contribution is 5.92. The molecular weight excluding hydrogens is 615 g/mol. The molecule has 6 rings (SSSR count). The second-order valence-electron chi connectivity index (χ2n) is 13.0. The molecule has 14 heteroatoms. The fourth-order valence-corrected chi connectivity index (χ4v) is 6.39. The topological polar surface area (TPSA) is 158 Å². The van der Waals surface area contributed by atoms with Crippen molar-refractivity contribution < 1.29 is 18.7 Å². The van der Waals surface area contributed by atoms with Gasteiger partial charge in [0.05, 0.1) is 31.4 Å². The molecule has 2 atom stereocenters. The molecule has 3 aromatic rings. The standard InChI is InChI=1S/C34H41FN10O3/c1-34(2)20-45(32(46)28(37)16-38-3)17-27(35)30(34)48-29-9-4-22(14-23(29)15-36)31-39-21-40-33(42-31)41-24-5-7-25(8-6-24)43-10-12-44(13-11-43)26-18-47-19-26/h4-9,14,16,21,26-27,30,38H,10-13,17-20,37H2,1-3H3,(H,39,40,41,42)/b28-16-/t27-,30-/m1/s1. The molecule has 1 amide bonds. The minimum Gasteiger partial charge on any atom is -0.485 e. The zero-order chi connectivity index (χ0) is 33.8. The molecule has 0 spiro atoms. The minimum atomic E-state index is -1.50. The van der Waals surface area contributed by atoms with Gasteiger partial charge in [0.25, 0.3) is 5.91 Å². The molecule has 3 saturated heterocycles. The number of likely N-dealkylation sites (tertiary alicyclic amines) is 1. The smallest absolute Gasteiger partial charge is 0.271 e. The molecule has 0 unspecified atom stereocenters. The van der Waals surface area contributed by atoms with Crippen molar-refractivity contribution in [2.75, 3.05) is 69.7 Å². The number of halogens is 1. The normalized spacial score (nSPS) is 21.6. The van der Waals surface area contributed by atoms with Gasteiger partial charge >= 0.3 is 0 Å². The van der Waals surface area contributed by atoms with Crippen molar-refractivity contribution >= 4 is 23.2 Å². The SMILES string of the molecule is CN/C=C(\N)C(=O)N1C[C@@H](F)[C@@H](Oc2ccc(-c3ncnc(Nc4ccc(N5CCN(C6COC6)CC5)cc4)n3)cc2C#N)C(C)(C)C1. The number of alkyl halides is 1. The van der Waals surface area contributed by atoms with Crippen molar-refractivity contribution in [3.05, 3.63) is 66.3 Å². The number of hydrogen-bond donors (Lipinski definition) is 3. The van der Waals surface area contributed by atoms with Crippen LogP contribution in [0.25, 0.3) is 11.4 Å². The van der Waals surface area contributed by atoms with Crippen LogP contribution in [0, 0.1) is 16.7 Å². The number of aromatic nitrogens is 3. The molecule has 1 aromatic heterocycles. The first-order valence-corrected chi connectivity index (χ1v) is 16.1. The number of carbonyl (C=O) groups is 1. The molecule has 0 radical (unpaired) electrons. The first-order valence-electron chi connectivity index (χ1n) is 16.1. The van der Waals surface area contributed by atoms with Crippen LogP contribution in [0.15, 0.2) is 60.7 Å². The van der Waals surface area contributed by atoms with Crippen LogP contribution in [0.3, 0.4) is 0 Å². The monoisotopic (exact) mass is 656 g/mol. The Morgan fingerprint density at radius 2 is 1.90 bits per heavy atom. The molecule has 3 aliphatic heterocycles. The molecule has 0 aliphatic carbocycles. The highest BCUT2D eigenvalue weighted by atomic mass is 19.1. The van der Waals surface area contributed by atoms with Crippen molar-refractivity contribution in [3.63, 3.8) is 0 Å². The molecule has 252 valence electrons. The van der Waals surface area contributed by atoms with Crippen LogP contribution in [-0.2, 0) is 9.53 Å². The second-order valence-corrected chi connectivity index (χ2v) is 13.0. The molecule has 48 heavy (non-hydrogen) atoms. The summed E-state index contributed by atoms with van der Waals surface area (Å²) in [6.45, 7) is 9.40. The zero-order valence-electron chi connectivity index (χ0n) is 27.4. The molecular formula is C34H41FN10O3. The van der Waals surface area contributed by atoms with E-state index in [2.05, 4.69) is 53.6 Å². The third-order valence-electron chi connectivity index (χ3n) is 9.05. The lowest BCUT2D eigenvalue weighted by molar-refractivity contribution is -0.138. The number of hydrogen-bond acceptors (Lipinski definition) is 12. The first kappa shape index (κ1) is 32.9. The van der Waals surface area contributed by atoms with E-state index in [1.54, 1.807) is 25.2 Å². The van der Waals surface area contributed by atoms with Gasteiger partial charge in [-0.25, -0.2) is 14.4 Å². The van der Waals surface area contributed by atoms with Gasteiger partial charge < -0.3 is 35.6 Å². The molecule has 3 aliphatic rings. The minimum absolute atomic E-state index is 0.00284. The van der Waals surface area contributed by atoms with Gasteiger partial charge in [-0.05, 0) is 42.5 Å². The van der Waals surface area contributed by atoms with Crippen molar-refractivity contribution in [1.29, 1.82) is 5.26 Å². The number of carbonyl (C=O) groups excluding carboxylic acids is 1. The van der Waals surface area contributed by atoms with Gasteiger partial charge in [0.2, 0.25) is 5.95 Å². The number of piperazine rings is 1. The fraction of sp³-hybridized carbons (Fsp3) is 0.441. The van der Waals surface area contributed by atoms with Crippen molar-refractivity contribution in [2.24, 2.45) is 11.1 Å². The van der Waals surface area contributed by atoms with E-state index in [0.717, 1.165) is 45.1 Å². The number of ether oxygens (including phenoxy) is 2. The number of amides is 1. The zero-order valence-corrected chi connectivity index (χ0v) is 27.4. The number of nitriles is 1. The van der Waals surface area contributed by atoms with Crippen LogP contribution in [0.1, 0.15) is 19.4 Å². The second kappa shape index (κ2) is 14.0. The summed E-state index contributed by atoms with van der Waals surface area (Å²) in [5, 5.41) is 15.9. The van der Waals surface area contributed by atoms with Crippen LogP contribution in [0.2, 0.25) is 0 Å². The van der Waals surface area contributed by atoms with Crippen molar-refractivity contribution in [3.8, 4) is 23.2 Å². The lowest BCUT2D eigenvalue weighted by Crippen LogP contribution is -2.59. The molecule has 4 heterocycles. The van der Waals surface area contributed by atoms with Gasteiger partial charge in [0.1, 0.15) is 29.9 Å². The summed E-state index contributed by atoms with van der Waals surface area (Å²) in [4.78, 5) is 32.2. The third kappa shape index (κ3) is 7.12. The van der Waals surface area contributed by atoms with E-state index in [1.807, 2.05) is 26.0 Å². The highest BCUT2D eigenvalue weighted by Crippen LogP contribution is 2.36. The van der Waals surface area contributed by atoms with Crippen LogP contribution in [-0.4, -0.2) is 109 Å². The Morgan fingerprint density at radius 1 is 1.15 bits per heavy atom. The van der Waals surface area contributed by atoms with E-state index < -0.39 is 23.6 Å². The maximum Gasteiger partial charge on any atom is 0.271 e. The number of rotatable bonds is 9. The lowest BCUT2D eigenvalue weighted by Gasteiger charge is -2.45. The summed E-state index contributed by atoms with van der Waals surface area (Å²) in [6, 6.07) is 15.9. The summed E-state index contributed by atoms with van der Waals surface area (Å²) in [7, 11) is 1.63. The van der Waals surface area contributed by atoms with E-state index in [4.69, 9.17) is 15.2 Å². The Kier molecular flexibility index (Phi) is 9.61. The Hall–Kier alpha value is -5.00. The number of piperidine rings is 1. The van der Waals surface area contributed by atoms with E-state index >= 15 is 4.39 Å². The van der Waals surface area contributed by atoms with Crippen LogP contribution in [0.4, 0.5) is 21.7 Å². The molecule has 13 nitrogen and oxygen atoms in total. The predicted molar refractivity (Wildman–Crippen MR) is 179 cm³/mol. The van der Waals surface area contributed by atoms with Crippen LogP contribution >= 0.6 is 0 Å². The first-order chi connectivity index (χ1) is 23.1. The highest BCUT2D eigenvalue weighted by Gasteiger charge is 2.46. The molecule has 0 bridgehead atoms. The van der Waals surface area contributed by atoms with Crippen LogP contribution < -0.4 is 26.0 Å². The van der Waals surface area contributed by atoms with Gasteiger partial charge in [0.15, 0.2) is 12.0 Å². The van der Waals surface area contributed by atoms with Crippen molar-refractivity contribution in [1.82, 2.24) is 30.1 Å². The number of nitrogens with one attached hydrogen (secondary N) is 2. The Bertz CT molecular complexity index is 1680. The van der Waals surface area contributed by atoms with E-state index in [9.17, 15) is 10.1 Å². The summed E-state index contributed by atoms with van der Waals surface area (Å²) in [5.74, 6) is 0.511. The number of nitrogens with zero attached hydrogens (tertiary/aromatic N) is 7. The Labute approximate surface area is 279 Å². The summed E-state index contributed by atoms with van der Waals surface area (Å²) < 4.78 is 27.0. The Morgan fingerprint density at radius 3 is 2.54 bits per heavy atom. The molecule has 2 aromatic carbocycles. The van der Waals surface area contributed by atoms with E-state index in [-0.39, 0.29) is 30.1 Å². The molecule has 4 N–H and O–H groups in total. The maximum absolute atomic E-state index is 15.5. The third-order valence-corrected chi connectivity index (χ3v) is 9.05. The number of benzene rings is 2. The lowest BCUT2D eigenvalue weighted by atomic mass is 9.80. The van der Waals surface area contributed by atoms with Crippen molar-refractivity contribution in [2.45, 2.75) is 32.2 Å². The summed E-state index contributed by atoms with van der Waals surface area (Å²) >= 11 is 0. The summed E-state index contributed by atoms with van der Waals surface area (Å²) in [5.41, 5.74) is 7.85. The molecule has 0 saturated carbocycles. The maximum atomic E-state index is 15.5. The average Bonchev–Trinajstić information content (AvgIpc) is 3.06.